The number of hydrogen-bond donors (Lipinski definition) is 0. The number of thiophene rings is 1. The number of rotatable bonds is 3. The summed E-state index contributed by atoms with van der Waals surface area (Å²) in [4.78, 5) is 28.5. The topological polar surface area (TPSA) is 55.8 Å². The summed E-state index contributed by atoms with van der Waals surface area (Å²) in [5.41, 5.74) is -0.339. The van der Waals surface area contributed by atoms with Gasteiger partial charge < -0.3 is 9.47 Å². The maximum absolute atomic E-state index is 13.1. The number of halogens is 1. The largest absolute Gasteiger partial charge is 0.467 e. The van der Waals surface area contributed by atoms with Crippen LogP contribution in [0.1, 0.15) is 31.2 Å². The number of amides is 1. The molecule has 0 radical (unpaired) electrons. The zero-order valence-electron chi connectivity index (χ0n) is 15.7. The lowest BCUT2D eigenvalue weighted by Crippen LogP contribution is -2.58. The molecule has 27 heavy (non-hydrogen) atoms. The number of nitrogens with zero attached hydrogens (tertiary/aromatic N) is 1. The number of methoxy groups -OCH3 is 1. The highest BCUT2D eigenvalue weighted by Gasteiger charge is 2.54. The Morgan fingerprint density at radius 1 is 1.22 bits per heavy atom. The van der Waals surface area contributed by atoms with Crippen LogP contribution in [0.3, 0.4) is 0 Å². The minimum Gasteiger partial charge on any atom is -0.467 e. The summed E-state index contributed by atoms with van der Waals surface area (Å²) < 4.78 is 11.4. The fourth-order valence-electron chi connectivity index (χ4n) is 3.39. The molecule has 1 atom stereocenters. The molecule has 0 spiro atoms. The molecule has 1 aliphatic heterocycles. The molecule has 0 N–H and O–H groups in total. The molecule has 5 nitrogen and oxygen atoms in total. The van der Waals surface area contributed by atoms with Gasteiger partial charge in [-0.3, -0.25) is 4.90 Å². The first kappa shape index (κ1) is 19.7. The van der Waals surface area contributed by atoms with Crippen LogP contribution in [0.15, 0.2) is 36.4 Å². The van der Waals surface area contributed by atoms with E-state index in [0.29, 0.717) is 22.9 Å². The average molecular weight is 408 g/mol. The smallest absolute Gasteiger partial charge is 0.415 e. The summed E-state index contributed by atoms with van der Waals surface area (Å²) in [7, 11) is 1.34. The summed E-state index contributed by atoms with van der Waals surface area (Å²) in [6.07, 6.45) is 0.0794. The minimum atomic E-state index is -1.21. The number of hydrogen-bond acceptors (Lipinski definition) is 5. The van der Waals surface area contributed by atoms with E-state index in [9.17, 15) is 9.59 Å². The van der Waals surface area contributed by atoms with Crippen LogP contribution in [0.2, 0.25) is 4.34 Å². The van der Waals surface area contributed by atoms with Gasteiger partial charge >= 0.3 is 12.1 Å². The maximum Gasteiger partial charge on any atom is 0.415 e. The summed E-state index contributed by atoms with van der Waals surface area (Å²) in [6, 6.07) is 11.1. The van der Waals surface area contributed by atoms with E-state index in [1.807, 2.05) is 30.3 Å². The molecule has 1 aromatic carbocycles. The van der Waals surface area contributed by atoms with Crippen molar-refractivity contribution in [3.63, 3.8) is 0 Å². The van der Waals surface area contributed by atoms with E-state index in [2.05, 4.69) is 0 Å². The standard InChI is InChI=1S/C20H22ClNO4S/c1-19(2,3)26-18(24)22-15-8-6-5-7-13(15)11-20(22,17(23)25-4)12-14-9-10-16(21)27-14/h5-10H,11-12H2,1-4H3. The normalized spacial score (nSPS) is 18.9. The first-order valence-corrected chi connectivity index (χ1v) is 9.79. The van der Waals surface area contributed by atoms with Crippen LogP contribution in [0, 0.1) is 0 Å². The third-order valence-corrected chi connectivity index (χ3v) is 5.61. The Balaban J connectivity index is 2.11. The van der Waals surface area contributed by atoms with Gasteiger partial charge in [0.05, 0.1) is 17.1 Å². The van der Waals surface area contributed by atoms with E-state index in [-0.39, 0.29) is 0 Å². The van der Waals surface area contributed by atoms with Crippen molar-refractivity contribution in [1.29, 1.82) is 0 Å². The predicted octanol–water partition coefficient (Wildman–Crippen LogP) is 4.85. The van der Waals surface area contributed by atoms with Crippen LogP contribution in [0.4, 0.5) is 10.5 Å². The van der Waals surface area contributed by atoms with Gasteiger partial charge in [-0.25, -0.2) is 9.59 Å². The van der Waals surface area contributed by atoms with E-state index in [1.165, 1.54) is 23.3 Å². The highest BCUT2D eigenvalue weighted by atomic mass is 35.5. The SMILES string of the molecule is COC(=O)C1(Cc2ccc(Cl)s2)Cc2ccccc2N1C(=O)OC(C)(C)C. The molecule has 1 aromatic heterocycles. The van der Waals surface area contributed by atoms with Crippen LogP contribution >= 0.6 is 22.9 Å². The lowest BCUT2D eigenvalue weighted by molar-refractivity contribution is -0.146. The Hall–Kier alpha value is -2.05. The van der Waals surface area contributed by atoms with Crippen LogP contribution in [-0.4, -0.2) is 30.3 Å². The number of ether oxygens (including phenoxy) is 2. The van der Waals surface area contributed by atoms with Crippen molar-refractivity contribution in [2.45, 2.75) is 44.8 Å². The molecular formula is C20H22ClNO4S. The number of esters is 1. The lowest BCUT2D eigenvalue weighted by atomic mass is 9.89. The molecule has 3 rings (SSSR count). The van der Waals surface area contributed by atoms with Gasteiger partial charge in [0, 0.05) is 17.7 Å². The summed E-state index contributed by atoms with van der Waals surface area (Å²) >= 11 is 7.46. The van der Waals surface area contributed by atoms with Gasteiger partial charge in [0.15, 0.2) is 5.54 Å². The number of anilines is 1. The first-order chi connectivity index (χ1) is 12.7. The van der Waals surface area contributed by atoms with E-state index >= 15 is 0 Å². The van der Waals surface area contributed by atoms with Crippen LogP contribution in [0.5, 0.6) is 0 Å². The third kappa shape index (κ3) is 3.82. The van der Waals surface area contributed by atoms with Gasteiger partial charge in [-0.15, -0.1) is 11.3 Å². The summed E-state index contributed by atoms with van der Waals surface area (Å²) in [6.45, 7) is 5.39. The Morgan fingerprint density at radius 3 is 2.52 bits per heavy atom. The molecule has 0 fully saturated rings. The third-order valence-electron chi connectivity index (χ3n) is 4.38. The van der Waals surface area contributed by atoms with Gasteiger partial charge in [-0.2, -0.15) is 0 Å². The van der Waals surface area contributed by atoms with Crippen molar-refractivity contribution >= 4 is 40.7 Å². The van der Waals surface area contributed by atoms with Crippen molar-refractivity contribution in [3.05, 3.63) is 51.2 Å². The van der Waals surface area contributed by atoms with Gasteiger partial charge in [-0.05, 0) is 44.5 Å². The number of para-hydroxylation sites is 1. The van der Waals surface area contributed by atoms with Crippen molar-refractivity contribution in [3.8, 4) is 0 Å². The van der Waals surface area contributed by atoms with Crippen molar-refractivity contribution in [1.82, 2.24) is 0 Å². The monoisotopic (exact) mass is 407 g/mol. The Labute approximate surface area is 167 Å². The molecule has 0 bridgehead atoms. The molecule has 0 saturated carbocycles. The minimum absolute atomic E-state index is 0.297. The molecule has 1 amide bonds. The second kappa shape index (κ2) is 7.17. The molecular weight excluding hydrogens is 386 g/mol. The van der Waals surface area contributed by atoms with Gasteiger partial charge in [0.1, 0.15) is 5.60 Å². The Morgan fingerprint density at radius 2 is 1.93 bits per heavy atom. The van der Waals surface area contributed by atoms with E-state index in [4.69, 9.17) is 21.1 Å². The zero-order chi connectivity index (χ0) is 19.8. The van der Waals surface area contributed by atoms with Gasteiger partial charge in [0.2, 0.25) is 0 Å². The number of carbonyl (C=O) groups is 2. The molecule has 2 aromatic rings. The number of carbonyl (C=O) groups excluding carboxylic acids is 2. The van der Waals surface area contributed by atoms with Crippen LogP contribution in [0.25, 0.3) is 0 Å². The molecule has 2 heterocycles. The Kier molecular flexibility index (Phi) is 5.23. The molecule has 1 unspecified atom stereocenters. The second-order valence-electron chi connectivity index (χ2n) is 7.53. The molecule has 0 aliphatic carbocycles. The van der Waals surface area contributed by atoms with Gasteiger partial charge in [0.25, 0.3) is 0 Å². The van der Waals surface area contributed by atoms with E-state index < -0.39 is 23.2 Å². The highest BCUT2D eigenvalue weighted by Crippen LogP contribution is 2.43. The fraction of sp³-hybridized carbons (Fsp3) is 0.400. The van der Waals surface area contributed by atoms with Gasteiger partial charge in [-0.1, -0.05) is 29.8 Å². The van der Waals surface area contributed by atoms with Crippen LogP contribution in [-0.2, 0) is 27.1 Å². The number of fused-ring (bicyclic) bond motifs is 1. The summed E-state index contributed by atoms with van der Waals surface area (Å²) in [5, 5.41) is 0. The van der Waals surface area contributed by atoms with E-state index in [0.717, 1.165) is 10.4 Å². The first-order valence-electron chi connectivity index (χ1n) is 8.60. The average Bonchev–Trinajstić information content (AvgIpc) is 3.13. The van der Waals surface area contributed by atoms with E-state index in [1.54, 1.807) is 26.8 Å². The van der Waals surface area contributed by atoms with Crippen molar-refractivity contribution in [2.75, 3.05) is 12.0 Å². The molecule has 1 aliphatic rings. The second-order valence-corrected chi connectivity index (χ2v) is 9.33. The molecule has 144 valence electrons. The zero-order valence-corrected chi connectivity index (χ0v) is 17.3. The predicted molar refractivity (Wildman–Crippen MR) is 107 cm³/mol. The molecule has 7 heteroatoms. The van der Waals surface area contributed by atoms with Crippen molar-refractivity contribution in [2.24, 2.45) is 0 Å². The molecule has 0 saturated heterocycles. The van der Waals surface area contributed by atoms with Crippen LogP contribution < -0.4 is 4.90 Å². The lowest BCUT2D eigenvalue weighted by Gasteiger charge is -2.36. The number of benzene rings is 1. The highest BCUT2D eigenvalue weighted by molar-refractivity contribution is 7.16. The quantitative estimate of drug-likeness (QED) is 0.682. The fourth-order valence-corrected chi connectivity index (χ4v) is 4.58. The van der Waals surface area contributed by atoms with Crippen molar-refractivity contribution < 1.29 is 19.1 Å². The Bertz CT molecular complexity index is 873. The maximum atomic E-state index is 13.1. The summed E-state index contributed by atoms with van der Waals surface area (Å²) in [5.74, 6) is -0.478.